The number of phenols is 1. The van der Waals surface area contributed by atoms with Crippen molar-refractivity contribution < 1.29 is 18.0 Å². The van der Waals surface area contributed by atoms with Gasteiger partial charge in [0.2, 0.25) is 0 Å². The van der Waals surface area contributed by atoms with Gasteiger partial charge in [0.15, 0.2) is 16.4 Å². The molecule has 0 unspecified atom stereocenters. The van der Waals surface area contributed by atoms with E-state index in [0.717, 1.165) is 0 Å². The maximum Gasteiger partial charge on any atom is 0.267 e. The molecule has 0 aliphatic heterocycles. The van der Waals surface area contributed by atoms with Crippen molar-refractivity contribution >= 4 is 38.9 Å². The summed E-state index contributed by atoms with van der Waals surface area (Å²) in [4.78, 5) is -0.0437. The zero-order chi connectivity index (χ0) is 15.1. The molecule has 0 aliphatic carbocycles. The Labute approximate surface area is 125 Å². The predicted molar refractivity (Wildman–Crippen MR) is 74.9 cm³/mol. The van der Waals surface area contributed by atoms with Crippen LogP contribution in [-0.4, -0.2) is 18.7 Å². The van der Waals surface area contributed by atoms with Gasteiger partial charge in [-0.25, -0.2) is 8.42 Å². The lowest BCUT2D eigenvalue weighted by Crippen LogP contribution is -2.14. The fraction of sp³-hybridized carbons (Fsp3) is 0.182. The van der Waals surface area contributed by atoms with Crippen LogP contribution in [0.4, 0.5) is 5.69 Å². The fourth-order valence-electron chi connectivity index (χ4n) is 1.69. The van der Waals surface area contributed by atoms with E-state index in [2.05, 4.69) is 9.88 Å². The van der Waals surface area contributed by atoms with Crippen molar-refractivity contribution in [3.05, 3.63) is 33.6 Å². The molecule has 6 nitrogen and oxygen atoms in total. The van der Waals surface area contributed by atoms with Gasteiger partial charge in [-0.3, -0.25) is 4.72 Å². The Morgan fingerprint density at radius 2 is 1.80 bits per heavy atom. The highest BCUT2D eigenvalue weighted by molar-refractivity contribution is 7.92. The number of phenolic OH excluding ortho intramolecular Hbond substituents is 1. The molecule has 1 heterocycles. The van der Waals surface area contributed by atoms with Crippen molar-refractivity contribution in [2.45, 2.75) is 18.7 Å². The summed E-state index contributed by atoms with van der Waals surface area (Å²) < 4.78 is 31.6. The molecule has 9 heteroatoms. The quantitative estimate of drug-likeness (QED) is 0.840. The zero-order valence-corrected chi connectivity index (χ0v) is 12.8. The Hall–Kier alpha value is -1.44. The Balaban J connectivity index is 2.44. The van der Waals surface area contributed by atoms with E-state index < -0.39 is 10.0 Å². The molecule has 0 amide bonds. The van der Waals surface area contributed by atoms with Gasteiger partial charge in [0.1, 0.15) is 5.69 Å². The molecule has 20 heavy (non-hydrogen) atoms. The average Bonchev–Trinajstić information content (AvgIpc) is 2.66. The summed E-state index contributed by atoms with van der Waals surface area (Å²) in [5.74, 6) is -0.139. The average molecular weight is 337 g/mol. The molecule has 0 fully saturated rings. The molecule has 108 valence electrons. The number of aryl methyl sites for hydroxylation is 2. The molecule has 0 saturated heterocycles. The first kappa shape index (κ1) is 15.0. The first-order chi connectivity index (χ1) is 9.22. The van der Waals surface area contributed by atoms with Gasteiger partial charge in [-0.15, -0.1) is 0 Å². The third-order valence-corrected chi connectivity index (χ3v) is 4.71. The van der Waals surface area contributed by atoms with Crippen LogP contribution >= 0.6 is 23.2 Å². The summed E-state index contributed by atoms with van der Waals surface area (Å²) >= 11 is 11.5. The largest absolute Gasteiger partial charge is 0.505 e. The predicted octanol–water partition coefficient (Wildman–Crippen LogP) is 3.10. The van der Waals surface area contributed by atoms with E-state index in [1.165, 1.54) is 26.0 Å². The van der Waals surface area contributed by atoms with E-state index in [1.54, 1.807) is 0 Å². The SMILES string of the molecule is Cc1noc(C)c1S(=O)(=O)Nc1cc(Cl)c(O)c(Cl)c1. The van der Waals surface area contributed by atoms with Gasteiger partial charge in [0.25, 0.3) is 10.0 Å². The zero-order valence-electron chi connectivity index (χ0n) is 10.4. The third-order valence-electron chi connectivity index (χ3n) is 2.51. The van der Waals surface area contributed by atoms with Crippen LogP contribution < -0.4 is 4.72 Å². The number of nitrogens with zero attached hydrogens (tertiary/aromatic N) is 1. The Kier molecular flexibility index (Phi) is 3.86. The van der Waals surface area contributed by atoms with Crippen LogP contribution in [0.15, 0.2) is 21.6 Å². The number of halogens is 2. The number of rotatable bonds is 3. The lowest BCUT2D eigenvalue weighted by molar-refractivity contribution is 0.390. The fourth-order valence-corrected chi connectivity index (χ4v) is 3.55. The van der Waals surface area contributed by atoms with Gasteiger partial charge in [-0.2, -0.15) is 0 Å². The molecule has 0 saturated carbocycles. The minimum Gasteiger partial charge on any atom is -0.505 e. The van der Waals surface area contributed by atoms with Crippen LogP contribution in [0.25, 0.3) is 0 Å². The molecule has 1 aromatic carbocycles. The lowest BCUT2D eigenvalue weighted by Gasteiger charge is -2.09. The van der Waals surface area contributed by atoms with Crippen molar-refractivity contribution in [1.29, 1.82) is 0 Å². The van der Waals surface area contributed by atoms with E-state index in [4.69, 9.17) is 27.7 Å². The number of aromatic hydroxyl groups is 1. The Morgan fingerprint density at radius 1 is 1.25 bits per heavy atom. The molecule has 0 radical (unpaired) electrons. The number of sulfonamides is 1. The highest BCUT2D eigenvalue weighted by Crippen LogP contribution is 2.35. The molecule has 2 N–H and O–H groups in total. The summed E-state index contributed by atoms with van der Waals surface area (Å²) in [5.41, 5.74) is 0.365. The molecular formula is C11H10Cl2N2O4S. The third kappa shape index (κ3) is 2.70. The minimum atomic E-state index is -3.88. The summed E-state index contributed by atoms with van der Waals surface area (Å²) in [6.45, 7) is 3.01. The number of aromatic nitrogens is 1. The summed E-state index contributed by atoms with van der Waals surface area (Å²) in [6.07, 6.45) is 0. The van der Waals surface area contributed by atoms with Gasteiger partial charge >= 0.3 is 0 Å². The highest BCUT2D eigenvalue weighted by Gasteiger charge is 2.24. The Morgan fingerprint density at radius 3 is 2.25 bits per heavy atom. The van der Waals surface area contributed by atoms with Crippen molar-refractivity contribution in [3.63, 3.8) is 0 Å². The summed E-state index contributed by atoms with van der Waals surface area (Å²) in [5, 5.41) is 12.9. The Bertz CT molecular complexity index is 728. The second-order valence-corrected chi connectivity index (χ2v) is 6.48. The smallest absolute Gasteiger partial charge is 0.267 e. The van der Waals surface area contributed by atoms with Crippen molar-refractivity contribution in [1.82, 2.24) is 5.16 Å². The van der Waals surface area contributed by atoms with E-state index >= 15 is 0 Å². The van der Waals surface area contributed by atoms with Crippen molar-refractivity contribution in [3.8, 4) is 5.75 Å². The maximum atomic E-state index is 12.3. The van der Waals surface area contributed by atoms with E-state index in [9.17, 15) is 13.5 Å². The molecule has 0 bridgehead atoms. The molecule has 2 aromatic rings. The van der Waals surface area contributed by atoms with E-state index in [0.29, 0.717) is 0 Å². The second kappa shape index (κ2) is 5.16. The van der Waals surface area contributed by atoms with Gasteiger partial charge in [0.05, 0.1) is 15.7 Å². The van der Waals surface area contributed by atoms with E-state index in [1.807, 2.05) is 0 Å². The molecule has 0 spiro atoms. The first-order valence-corrected chi connectivity index (χ1v) is 7.60. The van der Waals surface area contributed by atoms with Crippen LogP contribution in [0.2, 0.25) is 10.0 Å². The number of hydrogen-bond donors (Lipinski definition) is 2. The topological polar surface area (TPSA) is 92.4 Å². The number of hydrogen-bond acceptors (Lipinski definition) is 5. The number of benzene rings is 1. The number of nitrogens with one attached hydrogen (secondary N) is 1. The number of anilines is 1. The molecule has 2 rings (SSSR count). The normalized spacial score (nSPS) is 11.6. The minimum absolute atomic E-state index is 0.0437. The molecule has 0 aliphatic rings. The van der Waals surface area contributed by atoms with Crippen LogP contribution in [0.3, 0.4) is 0 Å². The maximum absolute atomic E-state index is 12.3. The van der Waals surface area contributed by atoms with Crippen molar-refractivity contribution in [2.24, 2.45) is 0 Å². The summed E-state index contributed by atoms with van der Waals surface area (Å²) in [6, 6.07) is 2.50. The lowest BCUT2D eigenvalue weighted by atomic mass is 10.3. The van der Waals surface area contributed by atoms with Crippen molar-refractivity contribution in [2.75, 3.05) is 4.72 Å². The monoisotopic (exact) mass is 336 g/mol. The second-order valence-electron chi connectivity index (χ2n) is 4.05. The van der Waals surface area contributed by atoms with Gasteiger partial charge < -0.3 is 9.63 Å². The van der Waals surface area contributed by atoms with Gasteiger partial charge in [-0.05, 0) is 26.0 Å². The van der Waals surface area contributed by atoms with Crippen LogP contribution in [-0.2, 0) is 10.0 Å². The van der Waals surface area contributed by atoms with Crippen LogP contribution in [0, 0.1) is 13.8 Å². The first-order valence-electron chi connectivity index (χ1n) is 5.36. The van der Waals surface area contributed by atoms with Crippen LogP contribution in [0.1, 0.15) is 11.5 Å². The molecule has 1 aromatic heterocycles. The van der Waals surface area contributed by atoms with Gasteiger partial charge in [0, 0.05) is 0 Å². The molecular weight excluding hydrogens is 327 g/mol. The van der Waals surface area contributed by atoms with E-state index in [-0.39, 0.29) is 37.8 Å². The standard InChI is InChI=1S/C11H10Cl2N2O4S/c1-5-11(6(2)19-14-5)20(17,18)15-7-3-8(12)10(16)9(13)4-7/h3-4,15-16H,1-2H3. The highest BCUT2D eigenvalue weighted by atomic mass is 35.5. The summed E-state index contributed by atoms with van der Waals surface area (Å²) in [7, 11) is -3.88. The van der Waals surface area contributed by atoms with Gasteiger partial charge in [-0.1, -0.05) is 28.4 Å². The molecule has 0 atom stereocenters. The van der Waals surface area contributed by atoms with Crippen LogP contribution in [0.5, 0.6) is 5.75 Å².